The van der Waals surface area contributed by atoms with Crippen LogP contribution >= 0.6 is 12.2 Å². The van der Waals surface area contributed by atoms with Gasteiger partial charge in [0.05, 0.1) is 19.1 Å². The molecule has 110 valence electrons. The Morgan fingerprint density at radius 3 is 3.00 bits per heavy atom. The highest BCUT2D eigenvalue weighted by atomic mass is 32.1. The zero-order valence-corrected chi connectivity index (χ0v) is 12.4. The number of phenols is 1. The van der Waals surface area contributed by atoms with E-state index < -0.39 is 0 Å². The van der Waals surface area contributed by atoms with Gasteiger partial charge in [-0.2, -0.15) is 0 Å². The zero-order chi connectivity index (χ0) is 15.0. The topological polar surface area (TPSA) is 70.6 Å². The number of methoxy groups -OCH3 is 1. The average Bonchev–Trinajstić information content (AvgIpc) is 2.47. The SMILES string of the molecule is COc1cc([C@H]2NC(=S)NC3=CCCC(=O)[C@@H]32)ccc1O. The molecule has 6 heteroatoms. The number of Topliss-reactive ketones (excluding diaryl/α,β-unsaturated/α-hetero) is 1. The van der Waals surface area contributed by atoms with E-state index in [2.05, 4.69) is 10.6 Å². The first-order valence-electron chi connectivity index (χ1n) is 6.77. The number of nitrogens with one attached hydrogen (secondary N) is 2. The summed E-state index contributed by atoms with van der Waals surface area (Å²) in [6.07, 6.45) is 3.31. The molecule has 1 fully saturated rings. The molecule has 1 aromatic carbocycles. The lowest BCUT2D eigenvalue weighted by Gasteiger charge is -2.37. The summed E-state index contributed by atoms with van der Waals surface area (Å²) in [4.78, 5) is 12.3. The minimum atomic E-state index is -0.278. The Balaban J connectivity index is 2.02. The van der Waals surface area contributed by atoms with E-state index in [4.69, 9.17) is 17.0 Å². The fourth-order valence-corrected chi connectivity index (χ4v) is 3.12. The molecule has 5 nitrogen and oxygen atoms in total. The number of aromatic hydroxyl groups is 1. The van der Waals surface area contributed by atoms with Crippen LogP contribution < -0.4 is 15.4 Å². The van der Waals surface area contributed by atoms with E-state index in [9.17, 15) is 9.90 Å². The van der Waals surface area contributed by atoms with Crippen LogP contribution in [-0.2, 0) is 4.79 Å². The van der Waals surface area contributed by atoms with E-state index in [1.165, 1.54) is 7.11 Å². The summed E-state index contributed by atoms with van der Waals surface area (Å²) in [7, 11) is 1.50. The van der Waals surface area contributed by atoms with Crippen molar-refractivity contribution in [3.05, 3.63) is 35.5 Å². The number of hydrogen-bond donors (Lipinski definition) is 3. The highest BCUT2D eigenvalue weighted by molar-refractivity contribution is 7.80. The largest absolute Gasteiger partial charge is 0.504 e. The van der Waals surface area contributed by atoms with Gasteiger partial charge in [-0.25, -0.2) is 0 Å². The van der Waals surface area contributed by atoms with Crippen LogP contribution in [0.25, 0.3) is 0 Å². The Hall–Kier alpha value is -2.08. The normalized spacial score (nSPS) is 24.5. The summed E-state index contributed by atoms with van der Waals surface area (Å²) in [5.41, 5.74) is 1.73. The Morgan fingerprint density at radius 2 is 2.24 bits per heavy atom. The number of allylic oxidation sites excluding steroid dienone is 1. The van der Waals surface area contributed by atoms with Crippen molar-refractivity contribution in [2.45, 2.75) is 18.9 Å². The molecule has 0 spiro atoms. The van der Waals surface area contributed by atoms with Gasteiger partial charge in [0.15, 0.2) is 16.6 Å². The summed E-state index contributed by atoms with van der Waals surface area (Å²) in [6.45, 7) is 0. The van der Waals surface area contributed by atoms with Crippen LogP contribution in [0.15, 0.2) is 30.0 Å². The van der Waals surface area contributed by atoms with Crippen molar-refractivity contribution in [3.63, 3.8) is 0 Å². The molecular weight excluding hydrogens is 288 g/mol. The summed E-state index contributed by atoms with van der Waals surface area (Å²) in [5.74, 6) is 0.364. The van der Waals surface area contributed by atoms with Crippen LogP contribution in [0, 0.1) is 5.92 Å². The summed E-state index contributed by atoms with van der Waals surface area (Å²) >= 11 is 5.22. The summed E-state index contributed by atoms with van der Waals surface area (Å²) < 4.78 is 5.14. The molecule has 3 rings (SSSR count). The number of rotatable bonds is 2. The van der Waals surface area contributed by atoms with Gasteiger partial charge in [0.25, 0.3) is 0 Å². The van der Waals surface area contributed by atoms with Crippen LogP contribution in [0.2, 0.25) is 0 Å². The Morgan fingerprint density at radius 1 is 1.43 bits per heavy atom. The second kappa shape index (κ2) is 5.37. The predicted molar refractivity (Wildman–Crippen MR) is 82.1 cm³/mol. The van der Waals surface area contributed by atoms with Crippen molar-refractivity contribution in [1.29, 1.82) is 0 Å². The third kappa shape index (κ3) is 2.47. The maximum absolute atomic E-state index is 12.3. The molecule has 0 amide bonds. The van der Waals surface area contributed by atoms with Gasteiger partial charge in [-0.15, -0.1) is 0 Å². The molecule has 1 aliphatic carbocycles. The predicted octanol–water partition coefficient (Wildman–Crippen LogP) is 1.78. The van der Waals surface area contributed by atoms with Crippen LogP contribution in [-0.4, -0.2) is 23.1 Å². The highest BCUT2D eigenvalue weighted by Crippen LogP contribution is 2.37. The fraction of sp³-hybridized carbons (Fsp3) is 0.333. The van der Waals surface area contributed by atoms with Gasteiger partial charge in [-0.3, -0.25) is 4.79 Å². The van der Waals surface area contributed by atoms with Crippen LogP contribution in [0.1, 0.15) is 24.4 Å². The summed E-state index contributed by atoms with van der Waals surface area (Å²) in [5, 5.41) is 16.4. The minimum Gasteiger partial charge on any atom is -0.504 e. The fourth-order valence-electron chi connectivity index (χ4n) is 2.88. The molecule has 0 aromatic heterocycles. The Kier molecular flexibility index (Phi) is 3.55. The van der Waals surface area contributed by atoms with Gasteiger partial charge in [-0.05, 0) is 36.3 Å². The molecular formula is C15H16N2O3S. The van der Waals surface area contributed by atoms with E-state index in [0.29, 0.717) is 17.3 Å². The molecule has 0 unspecified atom stereocenters. The second-order valence-electron chi connectivity index (χ2n) is 5.15. The van der Waals surface area contributed by atoms with Gasteiger partial charge >= 0.3 is 0 Å². The van der Waals surface area contributed by atoms with Gasteiger partial charge in [0, 0.05) is 12.1 Å². The first kappa shape index (κ1) is 13.9. The van der Waals surface area contributed by atoms with E-state index in [0.717, 1.165) is 17.7 Å². The lowest BCUT2D eigenvalue weighted by Crippen LogP contribution is -2.51. The highest BCUT2D eigenvalue weighted by Gasteiger charge is 2.38. The van der Waals surface area contributed by atoms with Gasteiger partial charge in [0.2, 0.25) is 0 Å². The third-order valence-corrected chi connectivity index (χ3v) is 4.10. The third-order valence-electron chi connectivity index (χ3n) is 3.88. The number of thiocarbonyl (C=S) groups is 1. The molecule has 1 heterocycles. The monoisotopic (exact) mass is 304 g/mol. The van der Waals surface area contributed by atoms with E-state index in [1.54, 1.807) is 18.2 Å². The van der Waals surface area contributed by atoms with E-state index >= 15 is 0 Å². The Labute approximate surface area is 128 Å². The molecule has 0 radical (unpaired) electrons. The van der Waals surface area contributed by atoms with Gasteiger partial charge in [0.1, 0.15) is 5.78 Å². The molecule has 3 N–H and O–H groups in total. The van der Waals surface area contributed by atoms with Crippen molar-refractivity contribution in [2.75, 3.05) is 7.11 Å². The Bertz CT molecular complexity index is 642. The number of fused-ring (bicyclic) bond motifs is 1. The molecule has 0 saturated carbocycles. The molecule has 2 atom stereocenters. The lowest BCUT2D eigenvalue weighted by atomic mass is 9.80. The average molecular weight is 304 g/mol. The molecule has 1 saturated heterocycles. The van der Waals surface area contributed by atoms with Crippen LogP contribution in [0.4, 0.5) is 0 Å². The zero-order valence-electron chi connectivity index (χ0n) is 11.6. The molecule has 1 aliphatic heterocycles. The number of phenolic OH excluding ortho intramolecular Hbond substituents is 1. The number of carbonyl (C=O) groups is 1. The molecule has 21 heavy (non-hydrogen) atoms. The van der Waals surface area contributed by atoms with Crippen LogP contribution in [0.3, 0.4) is 0 Å². The molecule has 0 bridgehead atoms. The van der Waals surface area contributed by atoms with Crippen molar-refractivity contribution >= 4 is 23.1 Å². The first-order valence-corrected chi connectivity index (χ1v) is 7.18. The lowest BCUT2D eigenvalue weighted by molar-refractivity contribution is -0.123. The number of ether oxygens (including phenoxy) is 1. The molecule has 1 aromatic rings. The maximum atomic E-state index is 12.3. The van der Waals surface area contributed by atoms with Crippen molar-refractivity contribution < 1.29 is 14.6 Å². The summed E-state index contributed by atoms with van der Waals surface area (Å²) in [6, 6.07) is 4.84. The van der Waals surface area contributed by atoms with Gasteiger partial charge < -0.3 is 20.5 Å². The number of ketones is 1. The smallest absolute Gasteiger partial charge is 0.171 e. The minimum absolute atomic E-state index is 0.0727. The van der Waals surface area contributed by atoms with Crippen molar-refractivity contribution in [2.24, 2.45) is 5.92 Å². The van der Waals surface area contributed by atoms with Crippen molar-refractivity contribution in [1.82, 2.24) is 10.6 Å². The van der Waals surface area contributed by atoms with E-state index in [-0.39, 0.29) is 23.5 Å². The van der Waals surface area contributed by atoms with Gasteiger partial charge in [-0.1, -0.05) is 12.1 Å². The van der Waals surface area contributed by atoms with E-state index in [1.807, 2.05) is 6.08 Å². The number of benzene rings is 1. The maximum Gasteiger partial charge on any atom is 0.171 e. The first-order chi connectivity index (χ1) is 10.1. The van der Waals surface area contributed by atoms with Crippen molar-refractivity contribution in [3.8, 4) is 11.5 Å². The number of hydrogen-bond acceptors (Lipinski definition) is 4. The number of carbonyl (C=O) groups excluding carboxylic acids is 1. The quantitative estimate of drug-likeness (QED) is 0.724. The standard InChI is InChI=1S/C15H16N2O3S/c1-20-12-7-8(5-6-10(12)18)14-13-9(16-15(21)17-14)3-2-4-11(13)19/h3,5-7,13-14,18H,2,4H2,1H3,(H2,16,17,21)/t13-,14-/m1/s1. The molecule has 2 aliphatic rings. The van der Waals surface area contributed by atoms with Crippen LogP contribution in [0.5, 0.6) is 11.5 Å². The second-order valence-corrected chi connectivity index (χ2v) is 5.56.